The summed E-state index contributed by atoms with van der Waals surface area (Å²) < 4.78 is 27.5. The average molecular weight is 461 g/mol. The van der Waals surface area contributed by atoms with Crippen molar-refractivity contribution in [3.05, 3.63) is 71.3 Å². The Hall–Kier alpha value is -4.20. The van der Waals surface area contributed by atoms with Gasteiger partial charge in [-0.15, -0.1) is 0 Å². The van der Waals surface area contributed by atoms with E-state index in [1.54, 1.807) is 43.5 Å². The summed E-state index contributed by atoms with van der Waals surface area (Å²) in [5.74, 6) is 1.81. The highest BCUT2D eigenvalue weighted by atomic mass is 16.7. The van der Waals surface area contributed by atoms with Gasteiger partial charge in [0.05, 0.1) is 19.3 Å². The number of carbonyl (C=O) groups is 2. The molecule has 1 N–H and O–H groups in total. The number of fused-ring (bicyclic) bond motifs is 2. The maximum atomic E-state index is 12.7. The lowest BCUT2D eigenvalue weighted by atomic mass is 9.84. The summed E-state index contributed by atoms with van der Waals surface area (Å²) in [6.45, 7) is 2.39. The highest BCUT2D eigenvalue weighted by Crippen LogP contribution is 2.45. The second-order valence-corrected chi connectivity index (χ2v) is 7.85. The van der Waals surface area contributed by atoms with Crippen molar-refractivity contribution >= 4 is 17.6 Å². The summed E-state index contributed by atoms with van der Waals surface area (Å²) in [4.78, 5) is 25.1. The number of methoxy groups -OCH3 is 1. The molecule has 0 unspecified atom stereocenters. The molecule has 3 aromatic rings. The maximum Gasteiger partial charge on any atom is 0.343 e. The monoisotopic (exact) mass is 461 g/mol. The van der Waals surface area contributed by atoms with Crippen molar-refractivity contribution in [1.82, 2.24) is 0 Å². The van der Waals surface area contributed by atoms with Crippen LogP contribution in [-0.2, 0) is 4.79 Å². The number of hydrogen-bond donors (Lipinski definition) is 1. The van der Waals surface area contributed by atoms with Gasteiger partial charge < -0.3 is 29.0 Å². The summed E-state index contributed by atoms with van der Waals surface area (Å²) in [7, 11) is 1.56. The minimum Gasteiger partial charge on any atom is -0.497 e. The fraction of sp³-hybridized carbons (Fsp3) is 0.231. The summed E-state index contributed by atoms with van der Waals surface area (Å²) in [5, 5.41) is 2.91. The largest absolute Gasteiger partial charge is 0.497 e. The predicted octanol–water partition coefficient (Wildman–Crippen LogP) is 4.52. The van der Waals surface area contributed by atoms with E-state index in [1.165, 1.54) is 0 Å². The van der Waals surface area contributed by atoms with Crippen molar-refractivity contribution in [3.63, 3.8) is 0 Å². The van der Waals surface area contributed by atoms with Gasteiger partial charge in [-0.3, -0.25) is 4.79 Å². The van der Waals surface area contributed by atoms with E-state index >= 15 is 0 Å². The number of benzene rings is 3. The normalized spacial score (nSPS) is 15.8. The van der Waals surface area contributed by atoms with Crippen LogP contribution in [0, 0.1) is 0 Å². The molecular formula is C26H23NO7. The van der Waals surface area contributed by atoms with Gasteiger partial charge in [-0.05, 0) is 60.5 Å². The molecule has 0 fully saturated rings. The number of carbonyl (C=O) groups excluding carboxylic acids is 2. The van der Waals surface area contributed by atoms with Crippen LogP contribution in [0.3, 0.4) is 0 Å². The molecule has 1 amide bonds. The van der Waals surface area contributed by atoms with Gasteiger partial charge >= 0.3 is 5.97 Å². The van der Waals surface area contributed by atoms with Crippen molar-refractivity contribution in [2.75, 3.05) is 25.8 Å². The van der Waals surface area contributed by atoms with Gasteiger partial charge in [0.2, 0.25) is 12.7 Å². The van der Waals surface area contributed by atoms with E-state index in [1.807, 2.05) is 25.1 Å². The van der Waals surface area contributed by atoms with Crippen molar-refractivity contribution in [3.8, 4) is 28.7 Å². The minimum atomic E-state index is -0.508. The molecule has 3 aromatic carbocycles. The van der Waals surface area contributed by atoms with Crippen LogP contribution in [0.5, 0.6) is 28.7 Å². The third-order valence-electron chi connectivity index (χ3n) is 5.78. The summed E-state index contributed by atoms with van der Waals surface area (Å²) in [5.41, 5.74) is 2.87. The van der Waals surface area contributed by atoms with Crippen LogP contribution < -0.4 is 29.0 Å². The Labute approximate surface area is 196 Å². The second-order valence-electron chi connectivity index (χ2n) is 7.85. The standard InChI is InChI=1S/C26H23NO7/c1-3-31-22-10-16(6-9-21(22)34-26(29)15-4-7-17(30-2)8-5-15)18-12-25(28)27-20-13-24-23(11-19(18)20)32-14-33-24/h4-11,13,18H,3,12,14H2,1-2H3,(H,27,28)/t18-/m1/s1. The van der Waals surface area contributed by atoms with E-state index in [-0.39, 0.29) is 25.0 Å². The maximum absolute atomic E-state index is 12.7. The van der Waals surface area contributed by atoms with Gasteiger partial charge in [-0.1, -0.05) is 6.07 Å². The van der Waals surface area contributed by atoms with Gasteiger partial charge in [-0.25, -0.2) is 4.79 Å². The molecule has 1 atom stereocenters. The Bertz CT molecular complexity index is 1250. The molecule has 0 saturated heterocycles. The van der Waals surface area contributed by atoms with Crippen LogP contribution in [0.15, 0.2) is 54.6 Å². The van der Waals surface area contributed by atoms with Crippen LogP contribution in [0.25, 0.3) is 0 Å². The van der Waals surface area contributed by atoms with E-state index in [0.29, 0.717) is 46.6 Å². The first-order chi connectivity index (χ1) is 16.6. The van der Waals surface area contributed by atoms with Gasteiger partial charge in [0.25, 0.3) is 0 Å². The van der Waals surface area contributed by atoms with Gasteiger partial charge in [0, 0.05) is 24.1 Å². The number of amides is 1. The molecule has 2 aliphatic rings. The first kappa shape index (κ1) is 21.6. The molecule has 2 heterocycles. The fourth-order valence-corrected chi connectivity index (χ4v) is 4.13. The molecule has 5 rings (SSSR count). The van der Waals surface area contributed by atoms with Crippen LogP contribution in [0.2, 0.25) is 0 Å². The van der Waals surface area contributed by atoms with Gasteiger partial charge in [0.1, 0.15) is 5.75 Å². The zero-order valence-corrected chi connectivity index (χ0v) is 18.8. The first-order valence-corrected chi connectivity index (χ1v) is 10.9. The van der Waals surface area contributed by atoms with E-state index in [0.717, 1.165) is 11.1 Å². The average Bonchev–Trinajstić information content (AvgIpc) is 3.31. The molecule has 0 saturated carbocycles. The predicted molar refractivity (Wildman–Crippen MR) is 123 cm³/mol. The zero-order chi connectivity index (χ0) is 23.7. The fourth-order valence-electron chi connectivity index (χ4n) is 4.13. The van der Waals surface area contributed by atoms with Gasteiger partial charge in [-0.2, -0.15) is 0 Å². The van der Waals surface area contributed by atoms with E-state index in [4.69, 9.17) is 23.7 Å². The number of rotatable bonds is 6. The minimum absolute atomic E-state index is 0.0932. The van der Waals surface area contributed by atoms with Crippen molar-refractivity contribution in [2.24, 2.45) is 0 Å². The Kier molecular flexibility index (Phi) is 5.71. The summed E-state index contributed by atoms with van der Waals surface area (Å²) in [6, 6.07) is 15.7. The number of ether oxygens (including phenoxy) is 5. The van der Waals surface area contributed by atoms with Crippen molar-refractivity contribution < 1.29 is 33.3 Å². The quantitative estimate of drug-likeness (QED) is 0.426. The SMILES string of the molecule is CCOc1cc([C@H]2CC(=O)Nc3cc4c(cc32)OCO4)ccc1OC(=O)c1ccc(OC)cc1. The number of nitrogens with one attached hydrogen (secondary N) is 1. The second kappa shape index (κ2) is 8.97. The van der Waals surface area contributed by atoms with E-state index in [2.05, 4.69) is 5.32 Å². The lowest BCUT2D eigenvalue weighted by Crippen LogP contribution is -2.23. The molecule has 8 nitrogen and oxygen atoms in total. The van der Waals surface area contributed by atoms with Crippen LogP contribution >= 0.6 is 0 Å². The molecule has 174 valence electrons. The van der Waals surface area contributed by atoms with Gasteiger partial charge in [0.15, 0.2) is 23.0 Å². The molecule has 2 aliphatic heterocycles. The summed E-state index contributed by atoms with van der Waals surface area (Å²) in [6.07, 6.45) is 0.267. The van der Waals surface area contributed by atoms with E-state index < -0.39 is 5.97 Å². The molecule has 8 heteroatoms. The molecular weight excluding hydrogens is 438 g/mol. The third-order valence-corrected chi connectivity index (χ3v) is 5.78. The Balaban J connectivity index is 1.45. The molecule has 34 heavy (non-hydrogen) atoms. The molecule has 0 spiro atoms. The lowest BCUT2D eigenvalue weighted by Gasteiger charge is -2.27. The van der Waals surface area contributed by atoms with Crippen LogP contribution in [0.4, 0.5) is 5.69 Å². The number of hydrogen-bond acceptors (Lipinski definition) is 7. The highest BCUT2D eigenvalue weighted by molar-refractivity contribution is 5.96. The Morgan fingerprint density at radius 1 is 1.03 bits per heavy atom. The Morgan fingerprint density at radius 2 is 1.79 bits per heavy atom. The first-order valence-electron chi connectivity index (χ1n) is 10.9. The molecule has 0 aromatic heterocycles. The van der Waals surface area contributed by atoms with Crippen LogP contribution in [-0.4, -0.2) is 32.4 Å². The number of esters is 1. The molecule has 0 bridgehead atoms. The highest BCUT2D eigenvalue weighted by Gasteiger charge is 2.30. The molecule has 0 radical (unpaired) electrons. The molecule has 0 aliphatic carbocycles. The number of anilines is 1. The Morgan fingerprint density at radius 3 is 2.53 bits per heavy atom. The van der Waals surface area contributed by atoms with E-state index in [9.17, 15) is 9.59 Å². The van der Waals surface area contributed by atoms with Crippen molar-refractivity contribution in [2.45, 2.75) is 19.3 Å². The summed E-state index contributed by atoms with van der Waals surface area (Å²) >= 11 is 0. The van der Waals surface area contributed by atoms with Crippen LogP contribution in [0.1, 0.15) is 40.7 Å². The zero-order valence-electron chi connectivity index (χ0n) is 18.8. The topological polar surface area (TPSA) is 92.3 Å². The smallest absolute Gasteiger partial charge is 0.343 e. The third kappa shape index (κ3) is 4.10. The van der Waals surface area contributed by atoms with Crippen molar-refractivity contribution in [1.29, 1.82) is 0 Å². The lowest BCUT2D eigenvalue weighted by molar-refractivity contribution is -0.116.